The van der Waals surface area contributed by atoms with Crippen LogP contribution in [0.25, 0.3) is 18.2 Å². The Kier molecular flexibility index (Phi) is 4.50. The van der Waals surface area contributed by atoms with Crippen molar-refractivity contribution in [1.82, 2.24) is 10.2 Å². The highest BCUT2D eigenvalue weighted by molar-refractivity contribution is 6.30. The lowest BCUT2D eigenvalue weighted by Crippen LogP contribution is -2.04. The van der Waals surface area contributed by atoms with E-state index in [2.05, 4.69) is 10.2 Å². The van der Waals surface area contributed by atoms with Crippen molar-refractivity contribution >= 4 is 35.5 Å². The van der Waals surface area contributed by atoms with E-state index in [1.807, 2.05) is 66.8 Å². The first-order valence-electron chi connectivity index (χ1n) is 8.42. The van der Waals surface area contributed by atoms with Crippen molar-refractivity contribution in [2.24, 2.45) is 0 Å². The zero-order valence-corrected chi connectivity index (χ0v) is 14.8. The molecular formula is C21H18ClN3O. The van der Waals surface area contributed by atoms with Crippen LogP contribution >= 0.6 is 11.6 Å². The Bertz CT molecular complexity index is 987. The number of fused-ring (bicyclic) bond motifs is 1. The molecule has 130 valence electrons. The number of rotatable bonds is 4. The predicted molar refractivity (Wildman–Crippen MR) is 107 cm³/mol. The molecule has 1 aliphatic rings. The van der Waals surface area contributed by atoms with Crippen molar-refractivity contribution < 1.29 is 4.74 Å². The van der Waals surface area contributed by atoms with Gasteiger partial charge in [-0.2, -0.15) is 5.10 Å². The number of nitrogen functional groups attached to an aromatic ring is 1. The molecule has 26 heavy (non-hydrogen) atoms. The normalized spacial score (nSPS) is 13.5. The van der Waals surface area contributed by atoms with Crippen LogP contribution in [0.2, 0.25) is 5.02 Å². The molecule has 0 fully saturated rings. The molecule has 0 spiro atoms. The third-order valence-electron chi connectivity index (χ3n) is 4.27. The number of nitrogens with two attached hydrogens (primary N) is 1. The largest absolute Gasteiger partial charge is 0.462 e. The third-order valence-corrected chi connectivity index (χ3v) is 4.52. The number of nitrogens with zero attached hydrogens (tertiary/aromatic N) is 1. The minimum atomic E-state index is 0.691. The van der Waals surface area contributed by atoms with E-state index in [1.165, 1.54) is 5.56 Å². The highest BCUT2D eigenvalue weighted by atomic mass is 35.5. The van der Waals surface area contributed by atoms with E-state index in [0.29, 0.717) is 5.69 Å². The first-order chi connectivity index (χ1) is 12.7. The number of ether oxygens (including phenoxy) is 1. The van der Waals surface area contributed by atoms with Gasteiger partial charge < -0.3 is 10.5 Å². The molecule has 1 aliphatic carbocycles. The van der Waals surface area contributed by atoms with Crippen molar-refractivity contribution in [2.45, 2.75) is 12.8 Å². The van der Waals surface area contributed by atoms with Crippen molar-refractivity contribution in [3.63, 3.8) is 0 Å². The van der Waals surface area contributed by atoms with Gasteiger partial charge in [-0.15, -0.1) is 0 Å². The summed E-state index contributed by atoms with van der Waals surface area (Å²) in [5.41, 5.74) is 10.7. The van der Waals surface area contributed by atoms with Gasteiger partial charge in [0, 0.05) is 34.8 Å². The van der Waals surface area contributed by atoms with E-state index >= 15 is 0 Å². The summed E-state index contributed by atoms with van der Waals surface area (Å²) in [6.07, 6.45) is 7.77. The number of benzene rings is 2. The summed E-state index contributed by atoms with van der Waals surface area (Å²) in [6.45, 7) is 0. The lowest BCUT2D eigenvalue weighted by atomic mass is 9.99. The molecule has 4 nitrogen and oxygen atoms in total. The van der Waals surface area contributed by atoms with Crippen LogP contribution in [-0.4, -0.2) is 10.2 Å². The van der Waals surface area contributed by atoms with Crippen LogP contribution in [0, 0.1) is 0 Å². The number of aromatic nitrogens is 2. The van der Waals surface area contributed by atoms with Gasteiger partial charge in [0.25, 0.3) is 0 Å². The monoisotopic (exact) mass is 363 g/mol. The Morgan fingerprint density at radius 3 is 2.73 bits per heavy atom. The first-order valence-corrected chi connectivity index (χ1v) is 8.80. The second kappa shape index (κ2) is 7.10. The molecule has 0 radical (unpaired) electrons. The molecular weight excluding hydrogens is 346 g/mol. The third kappa shape index (κ3) is 3.65. The number of halogens is 1. The maximum atomic E-state index is 5.95. The Labute approximate surface area is 157 Å². The fraction of sp³-hybridized carbons (Fsp3) is 0.0952. The average Bonchev–Trinajstić information content (AvgIpc) is 3.04. The molecule has 1 aromatic heterocycles. The Hall–Kier alpha value is -2.98. The number of aromatic amines is 1. The standard InChI is InChI=1S/C21H18ClN3O/c22-15-7-4-14(5-8-15)6-11-20-19-10-9-18(13-21(19)25-24-20)26-17-3-1-2-16(23)12-17/h1-8,11-13H,9-10,23H2,(H,24,25)/b11-6+. The van der Waals surface area contributed by atoms with Gasteiger partial charge in [-0.3, -0.25) is 5.10 Å². The van der Waals surface area contributed by atoms with Gasteiger partial charge in [0.2, 0.25) is 0 Å². The molecule has 1 heterocycles. The SMILES string of the molecule is Nc1cccc(OC2=Cc3[nH]nc(/C=C/c4ccc(Cl)cc4)c3CC2)c1. The Morgan fingerprint density at radius 1 is 1.08 bits per heavy atom. The van der Waals surface area contributed by atoms with Crippen LogP contribution < -0.4 is 10.5 Å². The van der Waals surface area contributed by atoms with Crippen molar-refractivity contribution in [3.8, 4) is 5.75 Å². The lowest BCUT2D eigenvalue weighted by molar-refractivity contribution is 0.406. The van der Waals surface area contributed by atoms with Crippen LogP contribution in [0.5, 0.6) is 5.75 Å². The smallest absolute Gasteiger partial charge is 0.128 e. The van der Waals surface area contributed by atoms with E-state index in [0.717, 1.165) is 46.3 Å². The van der Waals surface area contributed by atoms with E-state index in [1.54, 1.807) is 0 Å². The fourth-order valence-electron chi connectivity index (χ4n) is 2.95. The summed E-state index contributed by atoms with van der Waals surface area (Å²) in [6, 6.07) is 15.2. The van der Waals surface area contributed by atoms with E-state index in [-0.39, 0.29) is 0 Å². The summed E-state index contributed by atoms with van der Waals surface area (Å²) >= 11 is 5.92. The molecule has 3 aromatic rings. The predicted octanol–water partition coefficient (Wildman–Crippen LogP) is 5.18. The molecule has 0 bridgehead atoms. The maximum Gasteiger partial charge on any atom is 0.128 e. The van der Waals surface area contributed by atoms with Crippen molar-refractivity contribution in [1.29, 1.82) is 0 Å². The van der Waals surface area contributed by atoms with Gasteiger partial charge in [0.05, 0.1) is 11.4 Å². The van der Waals surface area contributed by atoms with Gasteiger partial charge in [0.15, 0.2) is 0 Å². The average molecular weight is 364 g/mol. The quantitative estimate of drug-likeness (QED) is 0.627. The fourth-order valence-corrected chi connectivity index (χ4v) is 3.08. The van der Waals surface area contributed by atoms with Gasteiger partial charge in [-0.05, 0) is 42.3 Å². The van der Waals surface area contributed by atoms with Crippen molar-refractivity contribution in [3.05, 3.63) is 81.8 Å². The van der Waals surface area contributed by atoms with E-state index in [9.17, 15) is 0 Å². The first kappa shape index (κ1) is 16.5. The molecule has 3 N–H and O–H groups in total. The molecule has 0 saturated heterocycles. The summed E-state index contributed by atoms with van der Waals surface area (Å²) < 4.78 is 5.95. The molecule has 4 rings (SSSR count). The van der Waals surface area contributed by atoms with Gasteiger partial charge >= 0.3 is 0 Å². The van der Waals surface area contributed by atoms with Crippen LogP contribution in [-0.2, 0) is 6.42 Å². The summed E-state index contributed by atoms with van der Waals surface area (Å²) in [5, 5.41) is 8.26. The summed E-state index contributed by atoms with van der Waals surface area (Å²) in [4.78, 5) is 0. The minimum Gasteiger partial charge on any atom is -0.462 e. The zero-order valence-electron chi connectivity index (χ0n) is 14.1. The molecule has 5 heteroatoms. The second-order valence-corrected chi connectivity index (χ2v) is 6.61. The number of H-pyrrole nitrogens is 1. The molecule has 0 amide bonds. The second-order valence-electron chi connectivity index (χ2n) is 6.17. The summed E-state index contributed by atoms with van der Waals surface area (Å²) in [7, 11) is 0. The Morgan fingerprint density at radius 2 is 1.92 bits per heavy atom. The number of nitrogens with one attached hydrogen (secondary N) is 1. The van der Waals surface area contributed by atoms with Crippen LogP contribution in [0.1, 0.15) is 28.9 Å². The van der Waals surface area contributed by atoms with Gasteiger partial charge in [-0.1, -0.05) is 35.9 Å². The van der Waals surface area contributed by atoms with E-state index < -0.39 is 0 Å². The number of hydrogen-bond donors (Lipinski definition) is 2. The number of allylic oxidation sites excluding steroid dienone is 1. The lowest BCUT2D eigenvalue weighted by Gasteiger charge is -2.15. The molecule has 0 aliphatic heterocycles. The van der Waals surface area contributed by atoms with Crippen molar-refractivity contribution in [2.75, 3.05) is 5.73 Å². The summed E-state index contributed by atoms with van der Waals surface area (Å²) in [5.74, 6) is 1.65. The Balaban J connectivity index is 1.52. The van der Waals surface area contributed by atoms with Crippen LogP contribution in [0.4, 0.5) is 5.69 Å². The highest BCUT2D eigenvalue weighted by Gasteiger charge is 2.17. The maximum absolute atomic E-state index is 5.95. The molecule has 0 unspecified atom stereocenters. The van der Waals surface area contributed by atoms with Crippen LogP contribution in [0.3, 0.4) is 0 Å². The highest BCUT2D eigenvalue weighted by Crippen LogP contribution is 2.28. The van der Waals surface area contributed by atoms with Gasteiger partial charge in [-0.25, -0.2) is 0 Å². The molecule has 2 aromatic carbocycles. The zero-order chi connectivity index (χ0) is 17.9. The number of hydrogen-bond acceptors (Lipinski definition) is 3. The van der Waals surface area contributed by atoms with E-state index in [4.69, 9.17) is 22.1 Å². The molecule has 0 atom stereocenters. The van der Waals surface area contributed by atoms with Gasteiger partial charge in [0.1, 0.15) is 11.5 Å². The molecule has 0 saturated carbocycles. The number of anilines is 1. The topological polar surface area (TPSA) is 63.9 Å². The minimum absolute atomic E-state index is 0.691. The van der Waals surface area contributed by atoms with Crippen LogP contribution in [0.15, 0.2) is 54.3 Å².